The first-order valence-electron chi connectivity index (χ1n) is 8.85. The van der Waals surface area contributed by atoms with Gasteiger partial charge in [0.25, 0.3) is 5.91 Å². The van der Waals surface area contributed by atoms with E-state index < -0.39 is 0 Å². The van der Waals surface area contributed by atoms with Gasteiger partial charge in [0.2, 0.25) is 5.91 Å². The molecule has 1 aromatic rings. The Hall–Kier alpha value is -1.95. The van der Waals surface area contributed by atoms with Crippen LogP contribution in [0.15, 0.2) is 18.5 Å². The molecule has 0 bridgehead atoms. The minimum absolute atomic E-state index is 0.0373. The summed E-state index contributed by atoms with van der Waals surface area (Å²) >= 11 is 0. The van der Waals surface area contributed by atoms with Crippen LogP contribution in [0.1, 0.15) is 41.6 Å². The van der Waals surface area contributed by atoms with Gasteiger partial charge in [0.15, 0.2) is 0 Å². The molecule has 2 N–H and O–H groups in total. The predicted octanol–water partition coefficient (Wildman–Crippen LogP) is 1.11. The molecular weight excluding hydrogens is 304 g/mol. The van der Waals surface area contributed by atoms with Crippen molar-refractivity contribution in [2.24, 2.45) is 5.92 Å². The van der Waals surface area contributed by atoms with Gasteiger partial charge in [-0.1, -0.05) is 0 Å². The van der Waals surface area contributed by atoms with Gasteiger partial charge in [-0.2, -0.15) is 0 Å². The third-order valence-corrected chi connectivity index (χ3v) is 4.87. The Morgan fingerprint density at radius 1 is 1.33 bits per heavy atom. The fourth-order valence-corrected chi connectivity index (χ4v) is 3.55. The van der Waals surface area contributed by atoms with Crippen LogP contribution in [0.25, 0.3) is 0 Å². The molecule has 2 fully saturated rings. The van der Waals surface area contributed by atoms with Crippen LogP contribution in [0, 0.1) is 12.8 Å². The standard InChI is InChI=1S/C18H26N4O2/c1-13-8-15(11-19-9-13)18(24)22-7-3-4-14(12-22)10-21-17(23)16-5-2-6-20-16/h8-9,11,14,16,20H,2-7,10,12H2,1H3,(H,21,23). The number of aromatic nitrogens is 1. The average Bonchev–Trinajstić information content (AvgIpc) is 3.14. The van der Waals surface area contributed by atoms with Crippen LogP contribution >= 0.6 is 0 Å². The highest BCUT2D eigenvalue weighted by atomic mass is 16.2. The van der Waals surface area contributed by atoms with Crippen LogP contribution in [-0.2, 0) is 4.79 Å². The first-order valence-corrected chi connectivity index (χ1v) is 8.85. The fraction of sp³-hybridized carbons (Fsp3) is 0.611. The molecule has 2 unspecified atom stereocenters. The second-order valence-electron chi connectivity index (χ2n) is 6.90. The van der Waals surface area contributed by atoms with Crippen molar-refractivity contribution in [3.63, 3.8) is 0 Å². The quantitative estimate of drug-likeness (QED) is 0.867. The molecule has 6 nitrogen and oxygen atoms in total. The number of likely N-dealkylation sites (tertiary alicyclic amines) is 1. The highest BCUT2D eigenvalue weighted by Gasteiger charge is 2.27. The van der Waals surface area contributed by atoms with Crippen LogP contribution in [0.2, 0.25) is 0 Å². The summed E-state index contributed by atoms with van der Waals surface area (Å²) in [6.45, 7) is 4.99. The molecule has 0 aliphatic carbocycles. The van der Waals surface area contributed by atoms with E-state index in [2.05, 4.69) is 15.6 Å². The number of carbonyl (C=O) groups is 2. The Morgan fingerprint density at radius 3 is 2.96 bits per heavy atom. The summed E-state index contributed by atoms with van der Waals surface area (Å²) in [7, 11) is 0. The van der Waals surface area contributed by atoms with Crippen LogP contribution in [0.4, 0.5) is 0 Å². The third kappa shape index (κ3) is 4.12. The summed E-state index contributed by atoms with van der Waals surface area (Å²) in [6.07, 6.45) is 7.39. The maximum absolute atomic E-state index is 12.6. The molecule has 6 heteroatoms. The molecule has 2 saturated heterocycles. The van der Waals surface area contributed by atoms with E-state index in [0.717, 1.165) is 44.3 Å². The smallest absolute Gasteiger partial charge is 0.255 e. The molecule has 0 radical (unpaired) electrons. The Kier molecular flexibility index (Phi) is 5.45. The normalized spacial score (nSPS) is 24.0. The summed E-state index contributed by atoms with van der Waals surface area (Å²) in [5.41, 5.74) is 1.64. The highest BCUT2D eigenvalue weighted by molar-refractivity contribution is 5.94. The monoisotopic (exact) mass is 330 g/mol. The van der Waals surface area contributed by atoms with E-state index in [0.29, 0.717) is 24.6 Å². The lowest BCUT2D eigenvalue weighted by molar-refractivity contribution is -0.123. The van der Waals surface area contributed by atoms with Crippen molar-refractivity contribution in [2.45, 2.75) is 38.6 Å². The molecule has 0 spiro atoms. The van der Waals surface area contributed by atoms with E-state index in [1.165, 1.54) is 0 Å². The van der Waals surface area contributed by atoms with Crippen molar-refractivity contribution in [1.82, 2.24) is 20.5 Å². The Balaban J connectivity index is 1.52. The maximum Gasteiger partial charge on any atom is 0.255 e. The summed E-state index contributed by atoms with van der Waals surface area (Å²) in [6, 6.07) is 1.84. The first kappa shape index (κ1) is 16.9. The summed E-state index contributed by atoms with van der Waals surface area (Å²) in [4.78, 5) is 30.7. The lowest BCUT2D eigenvalue weighted by Gasteiger charge is -2.33. The average molecular weight is 330 g/mol. The zero-order chi connectivity index (χ0) is 16.9. The Bertz CT molecular complexity index is 598. The Morgan fingerprint density at radius 2 is 2.21 bits per heavy atom. The second kappa shape index (κ2) is 7.75. The first-order chi connectivity index (χ1) is 11.6. The predicted molar refractivity (Wildman–Crippen MR) is 91.6 cm³/mol. The van der Waals surface area contributed by atoms with Crippen molar-refractivity contribution < 1.29 is 9.59 Å². The van der Waals surface area contributed by atoms with Gasteiger partial charge in [0.05, 0.1) is 11.6 Å². The molecule has 24 heavy (non-hydrogen) atoms. The van der Waals surface area contributed by atoms with Crippen LogP contribution in [0.3, 0.4) is 0 Å². The minimum Gasteiger partial charge on any atom is -0.354 e. The van der Waals surface area contributed by atoms with Crippen LogP contribution < -0.4 is 10.6 Å². The molecule has 2 aliphatic heterocycles. The maximum atomic E-state index is 12.6. The minimum atomic E-state index is -0.0373. The van der Waals surface area contributed by atoms with E-state index >= 15 is 0 Å². The SMILES string of the molecule is Cc1cncc(C(=O)N2CCCC(CNC(=O)C3CCCN3)C2)c1. The largest absolute Gasteiger partial charge is 0.354 e. The van der Waals surface area contributed by atoms with Crippen molar-refractivity contribution in [2.75, 3.05) is 26.2 Å². The lowest BCUT2D eigenvalue weighted by atomic mass is 9.97. The fourth-order valence-electron chi connectivity index (χ4n) is 3.55. The number of rotatable bonds is 4. The van der Waals surface area contributed by atoms with Gasteiger partial charge in [-0.3, -0.25) is 14.6 Å². The van der Waals surface area contributed by atoms with Crippen molar-refractivity contribution in [1.29, 1.82) is 0 Å². The van der Waals surface area contributed by atoms with Gasteiger partial charge in [-0.15, -0.1) is 0 Å². The van der Waals surface area contributed by atoms with Crippen LogP contribution in [0.5, 0.6) is 0 Å². The number of piperidine rings is 1. The van der Waals surface area contributed by atoms with E-state index in [1.54, 1.807) is 12.4 Å². The number of aryl methyl sites for hydroxylation is 1. The molecule has 1 aromatic heterocycles. The number of amides is 2. The van der Waals surface area contributed by atoms with E-state index in [1.807, 2.05) is 17.9 Å². The number of carbonyl (C=O) groups excluding carboxylic acids is 2. The third-order valence-electron chi connectivity index (χ3n) is 4.87. The molecule has 0 aromatic carbocycles. The number of hydrogen-bond donors (Lipinski definition) is 2. The molecular formula is C18H26N4O2. The molecule has 2 amide bonds. The van der Waals surface area contributed by atoms with E-state index in [-0.39, 0.29) is 17.9 Å². The zero-order valence-electron chi connectivity index (χ0n) is 14.3. The molecule has 2 atom stereocenters. The van der Waals surface area contributed by atoms with Gasteiger partial charge in [-0.25, -0.2) is 0 Å². The van der Waals surface area contributed by atoms with Gasteiger partial charge in [-0.05, 0) is 56.7 Å². The topological polar surface area (TPSA) is 74.3 Å². The lowest BCUT2D eigenvalue weighted by Crippen LogP contribution is -2.46. The van der Waals surface area contributed by atoms with E-state index in [9.17, 15) is 9.59 Å². The number of pyridine rings is 1. The number of hydrogen-bond acceptors (Lipinski definition) is 4. The number of nitrogens with zero attached hydrogens (tertiary/aromatic N) is 2. The van der Waals surface area contributed by atoms with Gasteiger partial charge in [0.1, 0.15) is 0 Å². The summed E-state index contributed by atoms with van der Waals surface area (Å²) in [5.74, 6) is 0.462. The molecule has 2 aliphatic rings. The van der Waals surface area contributed by atoms with Gasteiger partial charge >= 0.3 is 0 Å². The summed E-state index contributed by atoms with van der Waals surface area (Å²) in [5, 5.41) is 6.27. The second-order valence-corrected chi connectivity index (χ2v) is 6.90. The molecule has 3 rings (SSSR count). The van der Waals surface area contributed by atoms with E-state index in [4.69, 9.17) is 0 Å². The van der Waals surface area contributed by atoms with Crippen molar-refractivity contribution in [3.05, 3.63) is 29.6 Å². The number of nitrogens with one attached hydrogen (secondary N) is 2. The highest BCUT2D eigenvalue weighted by Crippen LogP contribution is 2.18. The van der Waals surface area contributed by atoms with Gasteiger partial charge in [0, 0.05) is 32.0 Å². The van der Waals surface area contributed by atoms with Gasteiger partial charge < -0.3 is 15.5 Å². The Labute approximate surface area is 143 Å². The zero-order valence-corrected chi connectivity index (χ0v) is 14.3. The molecule has 130 valence electrons. The van der Waals surface area contributed by atoms with Crippen LogP contribution in [-0.4, -0.2) is 53.9 Å². The molecule has 3 heterocycles. The molecule has 0 saturated carbocycles. The van der Waals surface area contributed by atoms with Crippen molar-refractivity contribution in [3.8, 4) is 0 Å². The summed E-state index contributed by atoms with van der Waals surface area (Å²) < 4.78 is 0. The van der Waals surface area contributed by atoms with Crippen molar-refractivity contribution >= 4 is 11.8 Å².